The Bertz CT molecular complexity index is 527. The monoisotopic (exact) mass is 333 g/mol. The standard InChI is InChI=1S/C11H10BrCl2N3/c1-2-9(14)10-6-17(16-15-10)11-5-7(13)3-4-8(11)12/h3-6,9H,2H2,1H3. The Kier molecular flexibility index (Phi) is 4.07. The average Bonchev–Trinajstić information content (AvgIpc) is 2.80. The molecule has 1 aromatic carbocycles. The molecule has 0 fully saturated rings. The Morgan fingerprint density at radius 1 is 1.47 bits per heavy atom. The van der Waals surface area contributed by atoms with Crippen LogP contribution in [0.15, 0.2) is 28.9 Å². The molecule has 6 heteroatoms. The molecule has 3 nitrogen and oxygen atoms in total. The van der Waals surface area contributed by atoms with Gasteiger partial charge in [0, 0.05) is 9.50 Å². The fraction of sp³-hybridized carbons (Fsp3) is 0.273. The minimum atomic E-state index is -0.110. The molecule has 1 unspecified atom stereocenters. The first-order valence-electron chi connectivity index (χ1n) is 5.13. The van der Waals surface area contributed by atoms with Crippen molar-refractivity contribution in [2.45, 2.75) is 18.7 Å². The largest absolute Gasteiger partial charge is 0.219 e. The third-order valence-electron chi connectivity index (χ3n) is 2.35. The quantitative estimate of drug-likeness (QED) is 0.780. The normalized spacial score (nSPS) is 12.7. The number of nitrogens with zero attached hydrogens (tertiary/aromatic N) is 3. The van der Waals surface area contributed by atoms with Crippen molar-refractivity contribution in [1.82, 2.24) is 15.0 Å². The number of halogens is 3. The molecule has 0 radical (unpaired) electrons. The van der Waals surface area contributed by atoms with Gasteiger partial charge in [-0.05, 0) is 40.5 Å². The van der Waals surface area contributed by atoms with Gasteiger partial charge in [0.25, 0.3) is 0 Å². The SMILES string of the molecule is CCC(Cl)c1cn(-c2cc(Cl)ccc2Br)nn1. The summed E-state index contributed by atoms with van der Waals surface area (Å²) in [6, 6.07) is 5.50. The van der Waals surface area contributed by atoms with Gasteiger partial charge >= 0.3 is 0 Å². The Morgan fingerprint density at radius 2 is 2.24 bits per heavy atom. The predicted molar refractivity (Wildman–Crippen MR) is 73.0 cm³/mol. The summed E-state index contributed by atoms with van der Waals surface area (Å²) in [5.74, 6) is 0. The molecule has 2 aromatic rings. The molecule has 90 valence electrons. The second kappa shape index (κ2) is 5.38. The van der Waals surface area contributed by atoms with Crippen molar-refractivity contribution < 1.29 is 0 Å². The molecule has 0 aliphatic carbocycles. The van der Waals surface area contributed by atoms with E-state index in [9.17, 15) is 0 Å². The first-order chi connectivity index (χ1) is 8.11. The number of aromatic nitrogens is 3. The predicted octanol–water partition coefficient (Wildman–Crippen LogP) is 4.37. The van der Waals surface area contributed by atoms with Gasteiger partial charge in [-0.2, -0.15) is 0 Å². The van der Waals surface area contributed by atoms with E-state index >= 15 is 0 Å². The summed E-state index contributed by atoms with van der Waals surface area (Å²) >= 11 is 15.5. The molecule has 1 heterocycles. The van der Waals surface area contributed by atoms with Crippen LogP contribution in [0.3, 0.4) is 0 Å². The highest BCUT2D eigenvalue weighted by molar-refractivity contribution is 9.10. The van der Waals surface area contributed by atoms with Crippen molar-refractivity contribution in [3.63, 3.8) is 0 Å². The topological polar surface area (TPSA) is 30.7 Å². The third-order valence-corrected chi connectivity index (χ3v) is 3.78. The molecule has 0 aliphatic heterocycles. The van der Waals surface area contributed by atoms with Gasteiger partial charge in [0.15, 0.2) is 0 Å². The maximum atomic E-state index is 6.11. The van der Waals surface area contributed by atoms with Gasteiger partial charge in [0.2, 0.25) is 0 Å². The average molecular weight is 335 g/mol. The zero-order valence-electron chi connectivity index (χ0n) is 9.07. The first-order valence-corrected chi connectivity index (χ1v) is 6.74. The number of hydrogen-bond acceptors (Lipinski definition) is 2. The van der Waals surface area contributed by atoms with Gasteiger partial charge in [-0.1, -0.05) is 23.7 Å². The summed E-state index contributed by atoms with van der Waals surface area (Å²) in [5, 5.41) is 8.64. The van der Waals surface area contributed by atoms with Crippen LogP contribution in [0, 0.1) is 0 Å². The highest BCUT2D eigenvalue weighted by Crippen LogP contribution is 2.26. The molecule has 1 atom stereocenters. The fourth-order valence-electron chi connectivity index (χ4n) is 1.41. The lowest BCUT2D eigenvalue weighted by atomic mass is 10.2. The van der Waals surface area contributed by atoms with Gasteiger partial charge in [-0.15, -0.1) is 16.7 Å². The van der Waals surface area contributed by atoms with Crippen LogP contribution in [0.25, 0.3) is 5.69 Å². The second-order valence-electron chi connectivity index (χ2n) is 3.56. The number of hydrogen-bond donors (Lipinski definition) is 0. The lowest BCUT2D eigenvalue weighted by molar-refractivity contribution is 0.784. The maximum absolute atomic E-state index is 6.11. The van der Waals surface area contributed by atoms with Crippen molar-refractivity contribution in [2.24, 2.45) is 0 Å². The van der Waals surface area contributed by atoms with Crippen LogP contribution in [0.5, 0.6) is 0 Å². The molecule has 2 rings (SSSR count). The number of alkyl halides is 1. The minimum absolute atomic E-state index is 0.110. The molecule has 0 N–H and O–H groups in total. The smallest absolute Gasteiger partial charge is 0.101 e. The van der Waals surface area contributed by atoms with E-state index < -0.39 is 0 Å². The van der Waals surface area contributed by atoms with E-state index in [1.54, 1.807) is 4.68 Å². The van der Waals surface area contributed by atoms with Crippen molar-refractivity contribution in [3.8, 4) is 5.69 Å². The maximum Gasteiger partial charge on any atom is 0.101 e. The van der Waals surface area contributed by atoms with E-state index in [2.05, 4.69) is 26.2 Å². The lowest BCUT2D eigenvalue weighted by Crippen LogP contribution is -1.96. The molecule has 0 saturated carbocycles. The molecule has 0 amide bonds. The summed E-state index contributed by atoms with van der Waals surface area (Å²) in [6.45, 7) is 2.01. The number of rotatable bonds is 3. The molecular formula is C11H10BrCl2N3. The van der Waals surface area contributed by atoms with Crippen LogP contribution in [0.1, 0.15) is 24.4 Å². The Balaban J connectivity index is 2.40. The van der Waals surface area contributed by atoms with E-state index in [1.165, 1.54) is 0 Å². The third kappa shape index (κ3) is 2.81. The first kappa shape index (κ1) is 12.9. The zero-order chi connectivity index (χ0) is 12.4. The van der Waals surface area contributed by atoms with Crippen molar-refractivity contribution in [1.29, 1.82) is 0 Å². The number of benzene rings is 1. The second-order valence-corrected chi connectivity index (χ2v) is 5.38. The highest BCUT2D eigenvalue weighted by Gasteiger charge is 2.12. The summed E-state index contributed by atoms with van der Waals surface area (Å²) in [6.07, 6.45) is 2.63. The van der Waals surface area contributed by atoms with Crippen LogP contribution >= 0.6 is 39.1 Å². The highest BCUT2D eigenvalue weighted by atomic mass is 79.9. The van der Waals surface area contributed by atoms with E-state index in [0.717, 1.165) is 22.3 Å². The molecule has 1 aromatic heterocycles. The van der Waals surface area contributed by atoms with E-state index in [-0.39, 0.29) is 5.38 Å². The fourth-order valence-corrected chi connectivity index (χ4v) is 2.10. The molecule has 0 spiro atoms. The lowest BCUT2D eigenvalue weighted by Gasteiger charge is -2.04. The van der Waals surface area contributed by atoms with Crippen LogP contribution in [0.4, 0.5) is 0 Å². The van der Waals surface area contributed by atoms with Gasteiger partial charge in [-0.3, -0.25) is 0 Å². The van der Waals surface area contributed by atoms with Gasteiger partial charge < -0.3 is 0 Å². The van der Waals surface area contributed by atoms with Gasteiger partial charge in [-0.25, -0.2) is 4.68 Å². The van der Waals surface area contributed by atoms with E-state index in [0.29, 0.717) is 5.02 Å². The van der Waals surface area contributed by atoms with Gasteiger partial charge in [0.1, 0.15) is 5.69 Å². The van der Waals surface area contributed by atoms with E-state index in [1.807, 2.05) is 31.3 Å². The molecular weight excluding hydrogens is 325 g/mol. The van der Waals surface area contributed by atoms with Crippen molar-refractivity contribution in [3.05, 3.63) is 39.6 Å². The molecule has 0 aliphatic rings. The van der Waals surface area contributed by atoms with E-state index in [4.69, 9.17) is 23.2 Å². The molecule has 0 saturated heterocycles. The van der Waals surface area contributed by atoms with Gasteiger partial charge in [0.05, 0.1) is 17.3 Å². The van der Waals surface area contributed by atoms with Crippen molar-refractivity contribution in [2.75, 3.05) is 0 Å². The molecule has 17 heavy (non-hydrogen) atoms. The summed E-state index contributed by atoms with van der Waals surface area (Å²) in [5.41, 5.74) is 1.61. The van der Waals surface area contributed by atoms with Crippen molar-refractivity contribution >= 4 is 39.1 Å². The molecule has 0 bridgehead atoms. The van der Waals surface area contributed by atoms with Crippen LogP contribution in [0.2, 0.25) is 5.02 Å². The summed E-state index contributed by atoms with van der Waals surface area (Å²) in [7, 11) is 0. The van der Waals surface area contributed by atoms with Crippen LogP contribution in [-0.2, 0) is 0 Å². The van der Waals surface area contributed by atoms with Crippen LogP contribution in [-0.4, -0.2) is 15.0 Å². The Labute approximate surface area is 118 Å². The summed E-state index contributed by atoms with van der Waals surface area (Å²) in [4.78, 5) is 0. The Hall–Kier alpha value is -0.580. The Morgan fingerprint density at radius 3 is 2.94 bits per heavy atom. The zero-order valence-corrected chi connectivity index (χ0v) is 12.2. The van der Waals surface area contributed by atoms with Crippen LogP contribution < -0.4 is 0 Å². The summed E-state index contributed by atoms with van der Waals surface area (Å²) < 4.78 is 2.57. The minimum Gasteiger partial charge on any atom is -0.219 e.